The van der Waals surface area contributed by atoms with Crippen molar-refractivity contribution < 1.29 is 13.2 Å². The molecular weight excluding hydrogens is 324 g/mol. The summed E-state index contributed by atoms with van der Waals surface area (Å²) in [5, 5.41) is 0.977. The van der Waals surface area contributed by atoms with Crippen molar-refractivity contribution in [3.8, 4) is 0 Å². The number of primary amides is 1. The van der Waals surface area contributed by atoms with Crippen molar-refractivity contribution in [1.82, 2.24) is 3.97 Å². The molecule has 2 N–H and O–H groups in total. The van der Waals surface area contributed by atoms with Gasteiger partial charge in [-0.25, -0.2) is 12.4 Å². The van der Waals surface area contributed by atoms with Crippen molar-refractivity contribution in [1.29, 1.82) is 0 Å². The van der Waals surface area contributed by atoms with Gasteiger partial charge in [-0.3, -0.25) is 4.79 Å². The number of benzene rings is 2. The normalized spacial score (nSPS) is 11.0. The average molecular weight is 344 g/mol. The van der Waals surface area contributed by atoms with Crippen molar-refractivity contribution in [2.45, 2.75) is 25.7 Å². The smallest absolute Gasteiger partial charge is 0.268 e. The quantitative estimate of drug-likeness (QED) is 0.726. The molecule has 0 aliphatic carbocycles. The summed E-state index contributed by atoms with van der Waals surface area (Å²) in [7, 11) is -3.58. The molecule has 0 atom stereocenters. The van der Waals surface area contributed by atoms with Crippen LogP contribution in [0.2, 0.25) is 0 Å². The molecule has 6 heteroatoms. The van der Waals surface area contributed by atoms with Crippen LogP contribution in [-0.4, -0.2) is 18.8 Å². The van der Waals surface area contributed by atoms with Crippen LogP contribution in [-0.2, 0) is 14.8 Å². The number of hydrogen-bond donors (Lipinski definition) is 1. The molecule has 0 saturated heterocycles. The molecule has 0 fully saturated rings. The Kier molecular flexibility index (Phi) is 5.09. The highest BCUT2D eigenvalue weighted by Crippen LogP contribution is 2.29. The SMILES string of the molecule is Cc1ccc(S(=O)(=O)n2c(C)c(C)c3ccccc32)cc1.NC=O. The van der Waals surface area contributed by atoms with Crippen LogP contribution in [0, 0.1) is 20.8 Å². The number of hydrogen-bond acceptors (Lipinski definition) is 3. The van der Waals surface area contributed by atoms with Crippen molar-refractivity contribution >= 4 is 27.3 Å². The number of carbonyl (C=O) groups excluding carboxylic acids is 1. The second kappa shape index (κ2) is 6.88. The summed E-state index contributed by atoms with van der Waals surface area (Å²) < 4.78 is 27.4. The summed E-state index contributed by atoms with van der Waals surface area (Å²) in [6.45, 7) is 5.75. The third-order valence-electron chi connectivity index (χ3n) is 3.93. The molecule has 1 amide bonds. The largest absolute Gasteiger partial charge is 0.372 e. The maximum absolute atomic E-state index is 13.0. The van der Waals surface area contributed by atoms with E-state index in [0.717, 1.165) is 27.7 Å². The molecule has 24 heavy (non-hydrogen) atoms. The van der Waals surface area contributed by atoms with E-state index in [1.54, 1.807) is 12.1 Å². The first-order chi connectivity index (χ1) is 11.3. The van der Waals surface area contributed by atoms with E-state index < -0.39 is 10.0 Å². The Hall–Kier alpha value is -2.60. The lowest BCUT2D eigenvalue weighted by Gasteiger charge is -2.10. The lowest BCUT2D eigenvalue weighted by molar-refractivity contribution is -0.106. The maximum atomic E-state index is 13.0. The van der Waals surface area contributed by atoms with Gasteiger partial charge in [-0.15, -0.1) is 0 Å². The number of rotatable bonds is 2. The molecule has 3 aromatic rings. The van der Waals surface area contributed by atoms with E-state index >= 15 is 0 Å². The Bertz CT molecular complexity index is 971. The molecule has 2 aromatic carbocycles. The minimum atomic E-state index is -3.58. The van der Waals surface area contributed by atoms with E-state index in [-0.39, 0.29) is 6.41 Å². The summed E-state index contributed by atoms with van der Waals surface area (Å²) in [4.78, 5) is 8.90. The summed E-state index contributed by atoms with van der Waals surface area (Å²) in [5.41, 5.74) is 7.70. The van der Waals surface area contributed by atoms with Gasteiger partial charge in [-0.2, -0.15) is 0 Å². The number of amides is 1. The molecule has 0 aliphatic rings. The zero-order valence-electron chi connectivity index (χ0n) is 13.9. The van der Waals surface area contributed by atoms with Crippen LogP contribution in [0.15, 0.2) is 53.4 Å². The zero-order chi connectivity index (χ0) is 17.9. The maximum Gasteiger partial charge on any atom is 0.268 e. The van der Waals surface area contributed by atoms with Gasteiger partial charge in [0.2, 0.25) is 6.41 Å². The molecule has 0 unspecified atom stereocenters. The lowest BCUT2D eigenvalue weighted by Crippen LogP contribution is -2.14. The number of carbonyl (C=O) groups is 1. The van der Waals surface area contributed by atoms with Crippen molar-refractivity contribution in [2.75, 3.05) is 0 Å². The van der Waals surface area contributed by atoms with Crippen LogP contribution in [0.5, 0.6) is 0 Å². The number of aromatic nitrogens is 1. The zero-order valence-corrected chi connectivity index (χ0v) is 14.7. The van der Waals surface area contributed by atoms with Crippen molar-refractivity contribution in [3.63, 3.8) is 0 Å². The molecule has 3 rings (SSSR count). The Morgan fingerprint density at radius 3 is 2.08 bits per heavy atom. The van der Waals surface area contributed by atoms with E-state index in [0.29, 0.717) is 4.90 Å². The van der Waals surface area contributed by atoms with Gasteiger partial charge < -0.3 is 5.73 Å². The molecule has 0 spiro atoms. The van der Waals surface area contributed by atoms with Gasteiger partial charge in [-0.05, 0) is 44.5 Å². The fraction of sp³-hybridized carbons (Fsp3) is 0.167. The standard InChI is InChI=1S/C17H17NO2S.CH3NO/c1-12-8-10-15(11-9-12)21(19,20)18-14(3)13(2)16-6-4-5-7-17(16)18;2-1-3/h4-11H,1-3H3;1H,(H2,2,3). The Morgan fingerprint density at radius 2 is 1.50 bits per heavy atom. The predicted molar refractivity (Wildman–Crippen MR) is 95.4 cm³/mol. The molecular formula is C18H20N2O3S. The van der Waals surface area contributed by atoms with E-state index in [1.165, 1.54) is 3.97 Å². The van der Waals surface area contributed by atoms with Gasteiger partial charge >= 0.3 is 0 Å². The van der Waals surface area contributed by atoms with Crippen LogP contribution in [0.25, 0.3) is 10.9 Å². The number of fused-ring (bicyclic) bond motifs is 1. The summed E-state index contributed by atoms with van der Waals surface area (Å²) in [6.07, 6.45) is 0.250. The van der Waals surface area contributed by atoms with Crippen LogP contribution < -0.4 is 5.73 Å². The molecule has 126 valence electrons. The number of nitrogens with two attached hydrogens (primary N) is 1. The monoisotopic (exact) mass is 344 g/mol. The van der Waals surface area contributed by atoms with Gasteiger partial charge in [-0.1, -0.05) is 35.9 Å². The van der Waals surface area contributed by atoms with E-state index in [2.05, 4.69) is 5.73 Å². The summed E-state index contributed by atoms with van der Waals surface area (Å²) in [6, 6.07) is 14.6. The van der Waals surface area contributed by atoms with Gasteiger partial charge in [0, 0.05) is 11.1 Å². The van der Waals surface area contributed by atoms with E-state index in [9.17, 15) is 8.42 Å². The number of aryl methyl sites for hydroxylation is 2. The molecule has 0 saturated carbocycles. The number of para-hydroxylation sites is 1. The minimum Gasteiger partial charge on any atom is -0.372 e. The summed E-state index contributed by atoms with van der Waals surface area (Å²) in [5.74, 6) is 0. The Morgan fingerprint density at radius 1 is 0.958 bits per heavy atom. The van der Waals surface area contributed by atoms with Gasteiger partial charge in [0.25, 0.3) is 10.0 Å². The van der Waals surface area contributed by atoms with Gasteiger partial charge in [0.15, 0.2) is 0 Å². The van der Waals surface area contributed by atoms with Crippen molar-refractivity contribution in [2.24, 2.45) is 5.73 Å². The third-order valence-corrected chi connectivity index (χ3v) is 5.75. The van der Waals surface area contributed by atoms with Crippen LogP contribution in [0.1, 0.15) is 16.8 Å². The Balaban J connectivity index is 0.000000647. The molecule has 0 bridgehead atoms. The minimum absolute atomic E-state index is 0.250. The molecule has 5 nitrogen and oxygen atoms in total. The number of nitrogens with zero attached hydrogens (tertiary/aromatic N) is 1. The first-order valence-corrected chi connectivity index (χ1v) is 8.83. The van der Waals surface area contributed by atoms with E-state index in [4.69, 9.17) is 4.79 Å². The molecule has 1 heterocycles. The fourth-order valence-corrected chi connectivity index (χ4v) is 4.23. The highest BCUT2D eigenvalue weighted by atomic mass is 32.2. The lowest BCUT2D eigenvalue weighted by atomic mass is 10.2. The summed E-state index contributed by atoms with van der Waals surface area (Å²) >= 11 is 0. The second-order valence-corrected chi connectivity index (χ2v) is 7.23. The highest BCUT2D eigenvalue weighted by molar-refractivity contribution is 7.90. The highest BCUT2D eigenvalue weighted by Gasteiger charge is 2.23. The third kappa shape index (κ3) is 3.05. The molecule has 0 aliphatic heterocycles. The first kappa shape index (κ1) is 17.7. The average Bonchev–Trinajstić information content (AvgIpc) is 2.81. The van der Waals surface area contributed by atoms with Gasteiger partial charge in [0.1, 0.15) is 0 Å². The molecule has 0 radical (unpaired) electrons. The molecule has 1 aromatic heterocycles. The second-order valence-electron chi connectivity index (χ2n) is 5.45. The predicted octanol–water partition coefficient (Wildman–Crippen LogP) is 2.91. The fourth-order valence-electron chi connectivity index (χ4n) is 2.62. The van der Waals surface area contributed by atoms with Crippen LogP contribution in [0.4, 0.5) is 0 Å². The van der Waals surface area contributed by atoms with Crippen LogP contribution in [0.3, 0.4) is 0 Å². The Labute approximate surface area is 141 Å². The first-order valence-electron chi connectivity index (χ1n) is 7.38. The van der Waals surface area contributed by atoms with Crippen molar-refractivity contribution in [3.05, 3.63) is 65.4 Å². The van der Waals surface area contributed by atoms with Gasteiger partial charge in [0.05, 0.1) is 10.4 Å². The topological polar surface area (TPSA) is 82.2 Å². The van der Waals surface area contributed by atoms with E-state index in [1.807, 2.05) is 57.2 Å². The van der Waals surface area contributed by atoms with Crippen LogP contribution >= 0.6 is 0 Å².